The molecule has 1 unspecified atom stereocenters. The summed E-state index contributed by atoms with van der Waals surface area (Å²) in [6.07, 6.45) is 1.65. The van der Waals surface area contributed by atoms with Gasteiger partial charge < -0.3 is 15.6 Å². The fraction of sp³-hybridized carbons (Fsp3) is 0.364. The van der Waals surface area contributed by atoms with Gasteiger partial charge in [-0.25, -0.2) is 0 Å². The second-order valence-corrected chi connectivity index (χ2v) is 4.07. The van der Waals surface area contributed by atoms with Crippen LogP contribution in [-0.2, 0) is 4.79 Å². The van der Waals surface area contributed by atoms with Crippen LogP contribution < -0.4 is 16.1 Å². The molecule has 0 aromatic carbocycles. The summed E-state index contributed by atoms with van der Waals surface area (Å²) in [5.74, 6) is -0.541. The van der Waals surface area contributed by atoms with Gasteiger partial charge in [-0.3, -0.25) is 14.4 Å². The number of hydrogen-bond donors (Lipinski definition) is 3. The first-order valence-electron chi connectivity index (χ1n) is 5.33. The number of carbonyl (C=O) groups excluding carboxylic acids is 2. The first-order chi connectivity index (χ1) is 8.06. The molecule has 6 nitrogen and oxygen atoms in total. The van der Waals surface area contributed by atoms with Gasteiger partial charge in [0.2, 0.25) is 5.91 Å². The summed E-state index contributed by atoms with van der Waals surface area (Å²) in [6.45, 7) is 2.15. The maximum atomic E-state index is 11.8. The van der Waals surface area contributed by atoms with Crippen LogP contribution in [0.25, 0.3) is 0 Å². The average molecular weight is 235 g/mol. The largest absolute Gasteiger partial charge is 0.364 e. The number of amides is 2. The molecular formula is C11H13N3O3. The lowest BCUT2D eigenvalue weighted by atomic mass is 10.2. The fourth-order valence-corrected chi connectivity index (χ4v) is 1.72. The van der Waals surface area contributed by atoms with Crippen LogP contribution in [0.1, 0.15) is 22.5 Å². The Hall–Kier alpha value is -2.11. The Morgan fingerprint density at radius 3 is 2.82 bits per heavy atom. The third-order valence-corrected chi connectivity index (χ3v) is 2.61. The second kappa shape index (κ2) is 4.40. The Labute approximate surface area is 97.4 Å². The summed E-state index contributed by atoms with van der Waals surface area (Å²) in [5, 5.41) is 5.25. The smallest absolute Gasteiger partial charge is 0.257 e. The third-order valence-electron chi connectivity index (χ3n) is 2.61. The molecule has 0 saturated carbocycles. The van der Waals surface area contributed by atoms with E-state index < -0.39 is 5.91 Å². The molecule has 1 saturated heterocycles. The molecule has 3 N–H and O–H groups in total. The van der Waals surface area contributed by atoms with Gasteiger partial charge in [-0.2, -0.15) is 0 Å². The van der Waals surface area contributed by atoms with Gasteiger partial charge >= 0.3 is 0 Å². The summed E-state index contributed by atoms with van der Waals surface area (Å²) < 4.78 is 0. The quantitative estimate of drug-likeness (QED) is 0.633. The van der Waals surface area contributed by atoms with Gasteiger partial charge in [0.05, 0.1) is 6.04 Å². The predicted octanol–water partition coefficient (Wildman–Crippen LogP) is -0.698. The fourth-order valence-electron chi connectivity index (χ4n) is 1.72. The minimum absolute atomic E-state index is 0.0648. The van der Waals surface area contributed by atoms with Crippen LogP contribution in [0.2, 0.25) is 0 Å². The van der Waals surface area contributed by atoms with E-state index in [2.05, 4.69) is 15.6 Å². The number of carbonyl (C=O) groups is 2. The van der Waals surface area contributed by atoms with E-state index in [1.54, 1.807) is 6.92 Å². The molecule has 0 radical (unpaired) electrons. The zero-order valence-electron chi connectivity index (χ0n) is 9.37. The van der Waals surface area contributed by atoms with Crippen LogP contribution in [0.4, 0.5) is 0 Å². The summed E-state index contributed by atoms with van der Waals surface area (Å²) in [5.41, 5.74) is 0.440. The van der Waals surface area contributed by atoms with Crippen LogP contribution in [-0.4, -0.2) is 29.4 Å². The Morgan fingerprint density at radius 2 is 2.24 bits per heavy atom. The molecule has 17 heavy (non-hydrogen) atoms. The number of rotatable bonds is 2. The van der Waals surface area contributed by atoms with Crippen LogP contribution in [0.3, 0.4) is 0 Å². The highest BCUT2D eigenvalue weighted by atomic mass is 16.2. The van der Waals surface area contributed by atoms with Crippen molar-refractivity contribution in [2.75, 3.05) is 6.54 Å². The molecule has 1 atom stereocenters. The second-order valence-electron chi connectivity index (χ2n) is 4.07. The van der Waals surface area contributed by atoms with E-state index in [1.807, 2.05) is 0 Å². The molecule has 1 fully saturated rings. The van der Waals surface area contributed by atoms with Crippen molar-refractivity contribution in [1.29, 1.82) is 0 Å². The predicted molar refractivity (Wildman–Crippen MR) is 60.7 cm³/mol. The maximum Gasteiger partial charge on any atom is 0.257 e. The molecule has 2 heterocycles. The van der Waals surface area contributed by atoms with Crippen molar-refractivity contribution in [3.8, 4) is 0 Å². The first-order valence-corrected chi connectivity index (χ1v) is 5.33. The molecule has 1 aromatic heterocycles. The van der Waals surface area contributed by atoms with E-state index in [-0.39, 0.29) is 29.4 Å². The molecule has 2 rings (SSSR count). The van der Waals surface area contributed by atoms with Gasteiger partial charge in [0.15, 0.2) is 5.43 Å². The van der Waals surface area contributed by atoms with Crippen LogP contribution >= 0.6 is 0 Å². The molecule has 90 valence electrons. The van der Waals surface area contributed by atoms with Crippen molar-refractivity contribution >= 4 is 11.8 Å². The molecule has 0 bridgehead atoms. The van der Waals surface area contributed by atoms with Crippen molar-refractivity contribution < 1.29 is 9.59 Å². The number of pyridine rings is 1. The molecule has 2 amide bonds. The van der Waals surface area contributed by atoms with Gasteiger partial charge in [-0.05, 0) is 6.92 Å². The van der Waals surface area contributed by atoms with Crippen molar-refractivity contribution in [3.05, 3.63) is 33.7 Å². The van der Waals surface area contributed by atoms with Crippen molar-refractivity contribution in [2.24, 2.45) is 0 Å². The van der Waals surface area contributed by atoms with Gasteiger partial charge in [0.25, 0.3) is 5.91 Å². The molecule has 0 spiro atoms. The Kier molecular flexibility index (Phi) is 2.95. The van der Waals surface area contributed by atoms with Gasteiger partial charge in [0, 0.05) is 30.9 Å². The van der Waals surface area contributed by atoms with E-state index >= 15 is 0 Å². The number of aromatic nitrogens is 1. The molecule has 1 aliphatic rings. The van der Waals surface area contributed by atoms with E-state index in [0.29, 0.717) is 12.2 Å². The maximum absolute atomic E-state index is 11.8. The number of nitrogens with one attached hydrogen (secondary N) is 3. The number of aryl methyl sites for hydroxylation is 1. The molecule has 1 aliphatic heterocycles. The summed E-state index contributed by atoms with van der Waals surface area (Å²) >= 11 is 0. The number of aromatic amines is 1. The zero-order chi connectivity index (χ0) is 12.4. The first kappa shape index (κ1) is 11.4. The Morgan fingerprint density at radius 1 is 1.47 bits per heavy atom. The SMILES string of the molecule is Cc1cc(=O)c(C(=O)NC2CNC(=O)C2)c[nH]1. The minimum atomic E-state index is -0.451. The Bertz CT molecular complexity index is 521. The number of hydrogen-bond acceptors (Lipinski definition) is 3. The zero-order valence-corrected chi connectivity index (χ0v) is 9.37. The lowest BCUT2D eigenvalue weighted by molar-refractivity contribution is -0.119. The van der Waals surface area contributed by atoms with Crippen molar-refractivity contribution in [3.63, 3.8) is 0 Å². The van der Waals surface area contributed by atoms with Crippen molar-refractivity contribution in [1.82, 2.24) is 15.6 Å². The van der Waals surface area contributed by atoms with E-state index in [0.717, 1.165) is 0 Å². The highest BCUT2D eigenvalue weighted by Crippen LogP contribution is 2.01. The van der Waals surface area contributed by atoms with Crippen molar-refractivity contribution in [2.45, 2.75) is 19.4 Å². The standard InChI is InChI=1S/C11H13N3O3/c1-6-2-9(15)8(5-12-6)11(17)14-7-3-10(16)13-4-7/h2,5,7H,3-4H2,1H3,(H,12,15)(H,13,16)(H,14,17). The normalized spacial score (nSPS) is 18.9. The number of H-pyrrole nitrogens is 1. The van der Waals surface area contributed by atoms with E-state index in [4.69, 9.17) is 0 Å². The van der Waals surface area contributed by atoms with Crippen LogP contribution in [0.15, 0.2) is 17.1 Å². The highest BCUT2D eigenvalue weighted by Gasteiger charge is 2.24. The van der Waals surface area contributed by atoms with Crippen LogP contribution in [0.5, 0.6) is 0 Å². The lowest BCUT2D eigenvalue weighted by Crippen LogP contribution is -2.38. The summed E-state index contributed by atoms with van der Waals surface area (Å²) in [4.78, 5) is 37.1. The van der Waals surface area contributed by atoms with Crippen LogP contribution in [0, 0.1) is 6.92 Å². The Balaban J connectivity index is 2.09. The summed E-state index contributed by atoms with van der Waals surface area (Å²) in [6, 6.07) is 1.13. The van der Waals surface area contributed by atoms with E-state index in [9.17, 15) is 14.4 Å². The molecular weight excluding hydrogens is 222 g/mol. The molecule has 0 aliphatic carbocycles. The lowest BCUT2D eigenvalue weighted by Gasteiger charge is -2.09. The van der Waals surface area contributed by atoms with Gasteiger partial charge in [-0.15, -0.1) is 0 Å². The topological polar surface area (TPSA) is 91.1 Å². The van der Waals surface area contributed by atoms with Gasteiger partial charge in [-0.1, -0.05) is 0 Å². The monoisotopic (exact) mass is 235 g/mol. The van der Waals surface area contributed by atoms with E-state index in [1.165, 1.54) is 12.3 Å². The summed E-state index contributed by atoms with van der Waals surface area (Å²) in [7, 11) is 0. The highest BCUT2D eigenvalue weighted by molar-refractivity contribution is 5.94. The third kappa shape index (κ3) is 2.52. The minimum Gasteiger partial charge on any atom is -0.364 e. The molecule has 6 heteroatoms. The average Bonchev–Trinajstić information content (AvgIpc) is 2.63. The molecule has 1 aromatic rings. The van der Waals surface area contributed by atoms with Gasteiger partial charge in [0.1, 0.15) is 5.56 Å².